The van der Waals surface area contributed by atoms with Crippen LogP contribution in [0.5, 0.6) is 0 Å². The summed E-state index contributed by atoms with van der Waals surface area (Å²) < 4.78 is 0. The number of hydrogen-bond donors (Lipinski definition) is 3. The van der Waals surface area contributed by atoms with Gasteiger partial charge in [0.15, 0.2) is 0 Å². The quantitative estimate of drug-likeness (QED) is 0.127. The zero-order valence-corrected chi connectivity index (χ0v) is 25.1. The molecule has 0 aliphatic heterocycles. The highest BCUT2D eigenvalue weighted by molar-refractivity contribution is 7.80. The van der Waals surface area contributed by atoms with Crippen LogP contribution >= 0.6 is 12.6 Å². The first kappa shape index (κ1) is 28.5. The molecule has 0 aromatic heterocycles. The van der Waals surface area contributed by atoms with Crippen LogP contribution in [0.2, 0.25) is 0 Å². The Morgan fingerprint density at radius 1 is 0.791 bits per heavy atom. The third-order valence-corrected chi connectivity index (χ3v) is 8.29. The number of allylic oxidation sites excluding steroid dienone is 4. The fourth-order valence-electron chi connectivity index (χ4n) is 5.48. The molecule has 0 saturated carbocycles. The SMILES string of the molecule is CC1CC=C(c2ccc(-c3ccccc3S)cc2Nc2ccc(/C=N/C(N)c3ccccc3)cc2)C=C1c1ccccc1. The fraction of sp³-hybridized carbons (Fsp3) is 0.103. The van der Waals surface area contributed by atoms with Crippen molar-refractivity contribution in [2.45, 2.75) is 24.4 Å². The first-order valence-electron chi connectivity index (χ1n) is 14.7. The number of nitrogens with one attached hydrogen (secondary N) is 1. The molecule has 0 bridgehead atoms. The summed E-state index contributed by atoms with van der Waals surface area (Å²) in [5, 5.41) is 3.72. The van der Waals surface area contributed by atoms with Crippen molar-refractivity contribution in [3.8, 4) is 11.1 Å². The van der Waals surface area contributed by atoms with Crippen molar-refractivity contribution in [2.24, 2.45) is 16.6 Å². The maximum absolute atomic E-state index is 6.26. The molecule has 0 fully saturated rings. The molecule has 43 heavy (non-hydrogen) atoms. The summed E-state index contributed by atoms with van der Waals surface area (Å²) in [6.07, 6.45) is 7.15. The van der Waals surface area contributed by atoms with Crippen LogP contribution in [0.4, 0.5) is 11.4 Å². The van der Waals surface area contributed by atoms with Crippen LogP contribution in [-0.4, -0.2) is 6.21 Å². The highest BCUT2D eigenvalue weighted by Gasteiger charge is 2.18. The number of hydrogen-bond acceptors (Lipinski definition) is 4. The van der Waals surface area contributed by atoms with Gasteiger partial charge in [-0.3, -0.25) is 4.99 Å². The van der Waals surface area contributed by atoms with Gasteiger partial charge in [0.2, 0.25) is 0 Å². The van der Waals surface area contributed by atoms with E-state index in [4.69, 9.17) is 18.4 Å². The lowest BCUT2D eigenvalue weighted by Gasteiger charge is -2.23. The monoisotopic (exact) mass is 577 g/mol. The molecule has 0 radical (unpaired) electrons. The number of aliphatic imine (C=N–C) groups is 1. The van der Waals surface area contributed by atoms with Crippen LogP contribution < -0.4 is 11.1 Å². The minimum atomic E-state index is -0.390. The van der Waals surface area contributed by atoms with Gasteiger partial charge in [0.05, 0.1) is 0 Å². The molecule has 3 N–H and O–H groups in total. The molecule has 1 aliphatic carbocycles. The van der Waals surface area contributed by atoms with E-state index in [2.05, 4.69) is 114 Å². The summed E-state index contributed by atoms with van der Waals surface area (Å²) in [7, 11) is 0. The molecule has 2 atom stereocenters. The summed E-state index contributed by atoms with van der Waals surface area (Å²) in [6.45, 7) is 2.30. The van der Waals surface area contributed by atoms with E-state index >= 15 is 0 Å². The Hall–Kier alpha value is -4.64. The number of rotatable bonds is 8. The van der Waals surface area contributed by atoms with Gasteiger partial charge in [-0.05, 0) is 75.6 Å². The Labute approximate surface area is 259 Å². The zero-order valence-electron chi connectivity index (χ0n) is 24.2. The van der Waals surface area contributed by atoms with Crippen LogP contribution in [0.15, 0.2) is 149 Å². The average Bonchev–Trinajstić information content (AvgIpc) is 3.06. The Kier molecular flexibility index (Phi) is 8.69. The molecule has 1 aliphatic rings. The van der Waals surface area contributed by atoms with Gasteiger partial charge in [0.25, 0.3) is 0 Å². The molecule has 3 nitrogen and oxygen atoms in total. The zero-order chi connectivity index (χ0) is 29.6. The van der Waals surface area contributed by atoms with Crippen molar-refractivity contribution < 1.29 is 0 Å². The van der Waals surface area contributed by atoms with E-state index in [-0.39, 0.29) is 6.17 Å². The van der Waals surface area contributed by atoms with Gasteiger partial charge in [-0.25, -0.2) is 0 Å². The first-order valence-corrected chi connectivity index (χ1v) is 15.1. The van der Waals surface area contributed by atoms with Gasteiger partial charge in [-0.1, -0.05) is 122 Å². The van der Waals surface area contributed by atoms with E-state index < -0.39 is 0 Å². The van der Waals surface area contributed by atoms with Crippen molar-refractivity contribution in [3.05, 3.63) is 162 Å². The number of anilines is 2. The van der Waals surface area contributed by atoms with Crippen molar-refractivity contribution in [1.29, 1.82) is 0 Å². The van der Waals surface area contributed by atoms with Crippen LogP contribution in [0, 0.1) is 5.92 Å². The topological polar surface area (TPSA) is 50.4 Å². The average molecular weight is 578 g/mol. The van der Waals surface area contributed by atoms with Crippen molar-refractivity contribution in [1.82, 2.24) is 0 Å². The molecule has 212 valence electrons. The summed E-state index contributed by atoms with van der Waals surface area (Å²) in [5.41, 5.74) is 17.6. The molecule has 6 rings (SSSR count). The van der Waals surface area contributed by atoms with E-state index in [0.717, 1.165) is 44.9 Å². The van der Waals surface area contributed by atoms with Gasteiger partial charge in [-0.15, -0.1) is 12.6 Å². The Morgan fingerprint density at radius 2 is 1.49 bits per heavy atom. The van der Waals surface area contributed by atoms with Gasteiger partial charge >= 0.3 is 0 Å². The molecule has 2 unspecified atom stereocenters. The molecule has 4 heteroatoms. The fourth-order valence-corrected chi connectivity index (χ4v) is 5.77. The lowest BCUT2D eigenvalue weighted by atomic mass is 9.83. The van der Waals surface area contributed by atoms with Gasteiger partial charge in [-0.2, -0.15) is 0 Å². The molecule has 0 heterocycles. The molecular formula is C39H35N3S. The van der Waals surface area contributed by atoms with Crippen LogP contribution in [0.25, 0.3) is 22.3 Å². The maximum atomic E-state index is 6.26. The molecule has 5 aromatic carbocycles. The maximum Gasteiger partial charge on any atom is 0.123 e. The summed E-state index contributed by atoms with van der Waals surface area (Å²) in [4.78, 5) is 5.51. The third-order valence-electron chi connectivity index (χ3n) is 7.90. The summed E-state index contributed by atoms with van der Waals surface area (Å²) >= 11 is 4.74. The van der Waals surface area contributed by atoms with Crippen LogP contribution in [0.1, 0.15) is 41.8 Å². The number of nitrogens with two attached hydrogens (primary N) is 1. The highest BCUT2D eigenvalue weighted by atomic mass is 32.1. The Bertz CT molecular complexity index is 1790. The van der Waals surface area contributed by atoms with Gasteiger partial charge in [0.1, 0.15) is 6.17 Å². The Morgan fingerprint density at radius 3 is 2.23 bits per heavy atom. The first-order chi connectivity index (χ1) is 21.0. The molecule has 0 saturated heterocycles. The second kappa shape index (κ2) is 13.1. The number of thiol groups is 1. The van der Waals surface area contributed by atoms with Crippen molar-refractivity contribution in [3.63, 3.8) is 0 Å². The highest BCUT2D eigenvalue weighted by Crippen LogP contribution is 2.40. The smallest absolute Gasteiger partial charge is 0.123 e. The predicted octanol–water partition coefficient (Wildman–Crippen LogP) is 9.97. The molecular weight excluding hydrogens is 543 g/mol. The summed E-state index contributed by atoms with van der Waals surface area (Å²) in [6, 6.07) is 43.8. The van der Waals surface area contributed by atoms with Crippen molar-refractivity contribution in [2.75, 3.05) is 5.32 Å². The normalized spacial score (nSPS) is 15.6. The number of benzene rings is 5. The molecule has 0 amide bonds. The molecule has 5 aromatic rings. The van der Waals surface area contributed by atoms with E-state index in [1.54, 1.807) is 0 Å². The standard InChI is InChI=1S/C39H35N3S/c1-27-16-19-31(24-36(27)29-10-4-2-5-11-29)34-23-20-32(35-14-8-9-15-38(35)43)25-37(34)42-33-21-17-28(18-22-33)26-41-39(40)30-12-6-3-7-13-30/h2-15,17-27,39,42-43H,16,40H2,1H3/b41-26+. The second-order valence-electron chi connectivity index (χ2n) is 10.9. The summed E-state index contributed by atoms with van der Waals surface area (Å²) in [5.74, 6) is 0.460. The minimum Gasteiger partial charge on any atom is -0.355 e. The van der Waals surface area contributed by atoms with Crippen LogP contribution in [0.3, 0.4) is 0 Å². The second-order valence-corrected chi connectivity index (χ2v) is 11.4. The minimum absolute atomic E-state index is 0.390. The van der Waals surface area contributed by atoms with E-state index in [1.807, 2.05) is 48.7 Å². The van der Waals surface area contributed by atoms with Crippen molar-refractivity contribution >= 4 is 41.4 Å². The Balaban J connectivity index is 1.32. The largest absolute Gasteiger partial charge is 0.355 e. The lowest BCUT2D eigenvalue weighted by molar-refractivity contribution is 0.761. The number of nitrogens with zero attached hydrogens (tertiary/aromatic N) is 1. The van der Waals surface area contributed by atoms with Crippen LogP contribution in [-0.2, 0) is 0 Å². The predicted molar refractivity (Wildman–Crippen MR) is 186 cm³/mol. The van der Waals surface area contributed by atoms with E-state index in [1.165, 1.54) is 22.3 Å². The van der Waals surface area contributed by atoms with Gasteiger partial charge < -0.3 is 11.1 Å². The third kappa shape index (κ3) is 6.72. The lowest BCUT2D eigenvalue weighted by Crippen LogP contribution is -2.07. The van der Waals surface area contributed by atoms with Gasteiger partial charge in [0, 0.05) is 28.0 Å². The van der Waals surface area contributed by atoms with E-state index in [0.29, 0.717) is 5.92 Å². The molecule has 0 spiro atoms. The van der Waals surface area contributed by atoms with E-state index in [9.17, 15) is 0 Å².